The quantitative estimate of drug-likeness (QED) is 0.856. The lowest BCUT2D eigenvalue weighted by molar-refractivity contribution is 0.415. The Hall–Kier alpha value is -1.51. The third kappa shape index (κ3) is 2.28. The number of hydrogen-bond donors (Lipinski definition) is 0. The standard InChI is InChI=1S/C11H7BrClN3O/c1-17-11-3-2-7(4-9(11)13)16-6-8(12)10(5-14)15-16/h2-4,6H,1H3. The van der Waals surface area contributed by atoms with Crippen LogP contribution in [0.2, 0.25) is 5.02 Å². The van der Waals surface area contributed by atoms with Crippen LogP contribution in [0, 0.1) is 11.3 Å². The summed E-state index contributed by atoms with van der Waals surface area (Å²) < 4.78 is 7.29. The summed E-state index contributed by atoms with van der Waals surface area (Å²) >= 11 is 9.27. The number of halogens is 2. The molecule has 0 N–H and O–H groups in total. The van der Waals surface area contributed by atoms with Crippen LogP contribution >= 0.6 is 27.5 Å². The predicted octanol–water partition coefficient (Wildman–Crippen LogP) is 3.17. The zero-order valence-corrected chi connectivity index (χ0v) is 11.2. The van der Waals surface area contributed by atoms with Crippen molar-refractivity contribution in [2.75, 3.05) is 7.11 Å². The minimum atomic E-state index is 0.331. The molecule has 6 heteroatoms. The van der Waals surface area contributed by atoms with E-state index in [1.54, 1.807) is 30.1 Å². The molecule has 2 rings (SSSR count). The van der Waals surface area contributed by atoms with Crippen LogP contribution in [-0.4, -0.2) is 16.9 Å². The number of aromatic nitrogens is 2. The predicted molar refractivity (Wildman–Crippen MR) is 67.5 cm³/mol. The normalized spacial score (nSPS) is 10.0. The zero-order chi connectivity index (χ0) is 12.4. The van der Waals surface area contributed by atoms with Crippen molar-refractivity contribution in [3.63, 3.8) is 0 Å². The van der Waals surface area contributed by atoms with Gasteiger partial charge in [-0.15, -0.1) is 0 Å². The number of hydrogen-bond acceptors (Lipinski definition) is 3. The van der Waals surface area contributed by atoms with Gasteiger partial charge in [0.25, 0.3) is 0 Å². The van der Waals surface area contributed by atoms with Crippen molar-refractivity contribution in [2.45, 2.75) is 0 Å². The van der Waals surface area contributed by atoms with Gasteiger partial charge in [-0.2, -0.15) is 10.4 Å². The number of methoxy groups -OCH3 is 1. The average molecular weight is 313 g/mol. The molecule has 0 saturated heterocycles. The molecular weight excluding hydrogens is 305 g/mol. The highest BCUT2D eigenvalue weighted by Crippen LogP contribution is 2.27. The molecule has 4 nitrogen and oxygen atoms in total. The fourth-order valence-electron chi connectivity index (χ4n) is 1.36. The first-order chi connectivity index (χ1) is 8.15. The molecule has 0 bridgehead atoms. The Morgan fingerprint density at radius 3 is 2.82 bits per heavy atom. The van der Waals surface area contributed by atoms with E-state index >= 15 is 0 Å². The first-order valence-electron chi connectivity index (χ1n) is 4.65. The molecule has 0 radical (unpaired) electrons. The lowest BCUT2D eigenvalue weighted by Gasteiger charge is -2.05. The molecule has 0 aliphatic carbocycles. The van der Waals surface area contributed by atoms with E-state index in [-0.39, 0.29) is 0 Å². The van der Waals surface area contributed by atoms with E-state index in [0.717, 1.165) is 5.69 Å². The maximum Gasteiger partial charge on any atom is 0.177 e. The van der Waals surface area contributed by atoms with Gasteiger partial charge < -0.3 is 4.74 Å². The van der Waals surface area contributed by atoms with Gasteiger partial charge in [0, 0.05) is 6.20 Å². The smallest absolute Gasteiger partial charge is 0.177 e. The van der Waals surface area contributed by atoms with Crippen LogP contribution in [0.5, 0.6) is 5.75 Å². The van der Waals surface area contributed by atoms with E-state index in [9.17, 15) is 0 Å². The van der Waals surface area contributed by atoms with Crippen molar-refractivity contribution in [3.05, 3.63) is 39.6 Å². The van der Waals surface area contributed by atoms with Crippen molar-refractivity contribution in [1.29, 1.82) is 5.26 Å². The first kappa shape index (κ1) is 12.0. The van der Waals surface area contributed by atoms with E-state index in [2.05, 4.69) is 21.0 Å². The summed E-state index contributed by atoms with van der Waals surface area (Å²) in [6.45, 7) is 0. The van der Waals surface area contributed by atoms with E-state index in [0.29, 0.717) is 20.9 Å². The van der Waals surface area contributed by atoms with Gasteiger partial charge in [-0.1, -0.05) is 11.6 Å². The van der Waals surface area contributed by atoms with Gasteiger partial charge in [0.1, 0.15) is 11.8 Å². The average Bonchev–Trinajstić information content (AvgIpc) is 2.70. The highest BCUT2D eigenvalue weighted by Gasteiger charge is 2.08. The highest BCUT2D eigenvalue weighted by molar-refractivity contribution is 9.10. The van der Waals surface area contributed by atoms with Gasteiger partial charge in [-0.3, -0.25) is 0 Å². The van der Waals surface area contributed by atoms with E-state index in [4.69, 9.17) is 21.6 Å². The Labute approximate surface area is 112 Å². The molecule has 0 aliphatic heterocycles. The molecule has 0 saturated carbocycles. The van der Waals surface area contributed by atoms with Gasteiger partial charge in [0.15, 0.2) is 5.69 Å². The Bertz CT molecular complexity index is 603. The van der Waals surface area contributed by atoms with Gasteiger partial charge >= 0.3 is 0 Å². The summed E-state index contributed by atoms with van der Waals surface area (Å²) in [6.07, 6.45) is 1.71. The first-order valence-corrected chi connectivity index (χ1v) is 5.82. The van der Waals surface area contributed by atoms with Crippen LogP contribution < -0.4 is 4.74 Å². The van der Waals surface area contributed by atoms with Gasteiger partial charge in [-0.25, -0.2) is 4.68 Å². The molecular formula is C11H7BrClN3O. The Balaban J connectivity index is 2.47. The van der Waals surface area contributed by atoms with Crippen LogP contribution in [0.1, 0.15) is 5.69 Å². The lowest BCUT2D eigenvalue weighted by Crippen LogP contribution is -1.95. The third-order valence-electron chi connectivity index (χ3n) is 2.18. The maximum atomic E-state index is 8.81. The molecule has 1 aromatic carbocycles. The monoisotopic (exact) mass is 311 g/mol. The minimum absolute atomic E-state index is 0.331. The number of rotatable bonds is 2. The molecule has 0 unspecified atom stereocenters. The van der Waals surface area contributed by atoms with E-state index in [1.807, 2.05) is 12.1 Å². The molecule has 17 heavy (non-hydrogen) atoms. The summed E-state index contributed by atoms with van der Waals surface area (Å²) in [5.74, 6) is 0.599. The number of nitriles is 1. The number of nitrogens with zero attached hydrogens (tertiary/aromatic N) is 3. The third-order valence-corrected chi connectivity index (χ3v) is 3.05. The van der Waals surface area contributed by atoms with Crippen molar-refractivity contribution >= 4 is 27.5 Å². The Morgan fingerprint density at radius 1 is 1.53 bits per heavy atom. The van der Waals surface area contributed by atoms with Crippen LogP contribution in [0.3, 0.4) is 0 Å². The van der Waals surface area contributed by atoms with Gasteiger partial charge in [0.2, 0.25) is 0 Å². The largest absolute Gasteiger partial charge is 0.495 e. The molecule has 2 aromatic rings. The van der Waals surface area contributed by atoms with E-state index < -0.39 is 0 Å². The molecule has 1 aromatic heterocycles. The summed E-state index contributed by atoms with van der Waals surface area (Å²) in [5, 5.41) is 13.4. The van der Waals surface area contributed by atoms with Gasteiger partial charge in [0.05, 0.1) is 22.3 Å². The van der Waals surface area contributed by atoms with Crippen LogP contribution in [0.15, 0.2) is 28.9 Å². The van der Waals surface area contributed by atoms with Crippen LogP contribution in [0.4, 0.5) is 0 Å². The summed E-state index contributed by atoms with van der Waals surface area (Å²) in [7, 11) is 1.55. The summed E-state index contributed by atoms with van der Waals surface area (Å²) in [4.78, 5) is 0. The topological polar surface area (TPSA) is 50.8 Å². The molecule has 86 valence electrons. The minimum Gasteiger partial charge on any atom is -0.495 e. The van der Waals surface area contributed by atoms with Crippen LogP contribution in [0.25, 0.3) is 5.69 Å². The summed E-state index contributed by atoms with van der Waals surface area (Å²) in [6, 6.07) is 7.27. The fourth-order valence-corrected chi connectivity index (χ4v) is 1.97. The van der Waals surface area contributed by atoms with Crippen molar-refractivity contribution in [1.82, 2.24) is 9.78 Å². The number of benzene rings is 1. The molecule has 0 aliphatic rings. The Morgan fingerprint density at radius 2 is 2.29 bits per heavy atom. The molecule has 0 atom stereocenters. The molecule has 0 fully saturated rings. The van der Waals surface area contributed by atoms with E-state index in [1.165, 1.54) is 0 Å². The SMILES string of the molecule is COc1ccc(-n2cc(Br)c(C#N)n2)cc1Cl. The second kappa shape index (κ2) is 4.78. The summed E-state index contributed by atoms with van der Waals surface area (Å²) in [5.41, 5.74) is 1.09. The molecule has 0 spiro atoms. The second-order valence-electron chi connectivity index (χ2n) is 3.20. The van der Waals surface area contributed by atoms with Crippen LogP contribution in [-0.2, 0) is 0 Å². The van der Waals surface area contributed by atoms with Crippen molar-refractivity contribution in [3.8, 4) is 17.5 Å². The maximum absolute atomic E-state index is 8.81. The van der Waals surface area contributed by atoms with Crippen molar-refractivity contribution in [2.24, 2.45) is 0 Å². The highest BCUT2D eigenvalue weighted by atomic mass is 79.9. The zero-order valence-electron chi connectivity index (χ0n) is 8.82. The number of ether oxygens (including phenoxy) is 1. The second-order valence-corrected chi connectivity index (χ2v) is 4.46. The van der Waals surface area contributed by atoms with Crippen molar-refractivity contribution < 1.29 is 4.74 Å². The lowest BCUT2D eigenvalue weighted by atomic mass is 10.3. The molecule has 0 amide bonds. The van der Waals surface area contributed by atoms with Gasteiger partial charge in [-0.05, 0) is 34.1 Å². The fraction of sp³-hybridized carbons (Fsp3) is 0.0909. The molecule has 1 heterocycles. The Kier molecular flexibility index (Phi) is 3.36.